The fraction of sp³-hybridized carbons (Fsp3) is 0.217. The summed E-state index contributed by atoms with van der Waals surface area (Å²) in [4.78, 5) is 26.2. The minimum atomic E-state index is -0.782. The lowest BCUT2D eigenvalue weighted by atomic mass is 10.0. The van der Waals surface area contributed by atoms with Gasteiger partial charge in [-0.15, -0.1) is 11.3 Å². The van der Waals surface area contributed by atoms with Gasteiger partial charge in [-0.25, -0.2) is 0 Å². The molecular formula is C23H24N2O3S. The van der Waals surface area contributed by atoms with Crippen LogP contribution < -0.4 is 15.4 Å². The second-order valence-electron chi connectivity index (χ2n) is 6.53. The number of benzene rings is 2. The average Bonchev–Trinajstić information content (AvgIpc) is 3.28. The molecule has 1 aromatic heterocycles. The molecule has 0 aliphatic heterocycles. The molecule has 0 bridgehead atoms. The zero-order chi connectivity index (χ0) is 20.6. The van der Waals surface area contributed by atoms with E-state index in [1.807, 2.05) is 79.9 Å². The Balaban J connectivity index is 1.74. The van der Waals surface area contributed by atoms with Gasteiger partial charge in [0.05, 0.1) is 17.5 Å². The summed E-state index contributed by atoms with van der Waals surface area (Å²) < 4.78 is 5.46. The van der Waals surface area contributed by atoms with Gasteiger partial charge in [-0.1, -0.05) is 48.5 Å². The van der Waals surface area contributed by atoms with E-state index < -0.39 is 6.04 Å². The highest BCUT2D eigenvalue weighted by Crippen LogP contribution is 2.20. The van der Waals surface area contributed by atoms with Crippen LogP contribution in [-0.4, -0.2) is 18.4 Å². The first-order valence-electron chi connectivity index (χ1n) is 9.51. The number of nitrogens with one attached hydrogen (secondary N) is 2. The number of ether oxygens (including phenoxy) is 1. The molecule has 5 nitrogen and oxygen atoms in total. The van der Waals surface area contributed by atoms with Gasteiger partial charge in [-0.3, -0.25) is 9.59 Å². The van der Waals surface area contributed by atoms with Crippen LogP contribution in [0.15, 0.2) is 72.1 Å². The monoisotopic (exact) mass is 408 g/mol. The Hall–Kier alpha value is -3.12. The van der Waals surface area contributed by atoms with E-state index in [2.05, 4.69) is 10.6 Å². The molecule has 2 unspecified atom stereocenters. The van der Waals surface area contributed by atoms with Crippen molar-refractivity contribution in [3.8, 4) is 5.75 Å². The number of carbonyl (C=O) groups is 2. The summed E-state index contributed by atoms with van der Waals surface area (Å²) in [6, 6.07) is 19.4. The first-order valence-corrected chi connectivity index (χ1v) is 10.4. The average molecular weight is 409 g/mol. The lowest BCUT2D eigenvalue weighted by molar-refractivity contribution is -0.123. The fourth-order valence-electron chi connectivity index (χ4n) is 2.96. The van der Waals surface area contributed by atoms with Crippen LogP contribution in [0, 0.1) is 0 Å². The Morgan fingerprint density at radius 1 is 0.931 bits per heavy atom. The summed E-state index contributed by atoms with van der Waals surface area (Å²) in [5.41, 5.74) is 1.69. The largest absolute Gasteiger partial charge is 0.494 e. The standard InChI is InChI=1S/C23H24N2O3S/c1-3-28-19-13-11-17(12-14-19)16(2)24-23(27)21(18-8-5-4-6-9-18)25-22(26)20-10-7-15-29-20/h4-16,21H,3H2,1-2H3,(H,24,27)(H,25,26). The summed E-state index contributed by atoms with van der Waals surface area (Å²) in [5, 5.41) is 7.70. The zero-order valence-corrected chi connectivity index (χ0v) is 17.2. The quantitative estimate of drug-likeness (QED) is 0.577. The Bertz CT molecular complexity index is 925. The van der Waals surface area contributed by atoms with Crippen molar-refractivity contribution in [3.05, 3.63) is 88.1 Å². The Labute approximate surface area is 174 Å². The molecule has 2 aromatic carbocycles. The van der Waals surface area contributed by atoms with Crippen LogP contribution in [0.1, 0.15) is 46.7 Å². The third-order valence-electron chi connectivity index (χ3n) is 4.47. The van der Waals surface area contributed by atoms with Crippen LogP contribution in [0.2, 0.25) is 0 Å². The van der Waals surface area contributed by atoms with Crippen molar-refractivity contribution in [1.82, 2.24) is 10.6 Å². The summed E-state index contributed by atoms with van der Waals surface area (Å²) in [7, 11) is 0. The highest BCUT2D eigenvalue weighted by atomic mass is 32.1. The first kappa shape index (κ1) is 20.6. The lowest BCUT2D eigenvalue weighted by Gasteiger charge is -2.22. The number of thiophene rings is 1. The van der Waals surface area contributed by atoms with Gasteiger partial charge in [0.15, 0.2) is 0 Å². The molecule has 3 rings (SSSR count). The van der Waals surface area contributed by atoms with E-state index in [-0.39, 0.29) is 17.9 Å². The van der Waals surface area contributed by atoms with E-state index in [4.69, 9.17) is 4.74 Å². The van der Waals surface area contributed by atoms with Gasteiger partial charge >= 0.3 is 0 Å². The highest BCUT2D eigenvalue weighted by Gasteiger charge is 2.25. The van der Waals surface area contributed by atoms with E-state index >= 15 is 0 Å². The number of carbonyl (C=O) groups excluding carboxylic acids is 2. The second-order valence-corrected chi connectivity index (χ2v) is 7.47. The topological polar surface area (TPSA) is 67.4 Å². The van der Waals surface area contributed by atoms with Crippen molar-refractivity contribution in [3.63, 3.8) is 0 Å². The van der Waals surface area contributed by atoms with Crippen LogP contribution in [-0.2, 0) is 4.79 Å². The molecule has 6 heteroatoms. The zero-order valence-electron chi connectivity index (χ0n) is 16.4. The molecule has 0 aliphatic carbocycles. The normalized spacial score (nSPS) is 12.6. The van der Waals surface area contributed by atoms with Gasteiger partial charge in [-0.2, -0.15) is 0 Å². The maximum absolute atomic E-state index is 13.1. The van der Waals surface area contributed by atoms with Gasteiger partial charge in [0, 0.05) is 0 Å². The third kappa shape index (κ3) is 5.45. The summed E-state index contributed by atoms with van der Waals surface area (Å²) in [5.74, 6) is 0.264. The van der Waals surface area contributed by atoms with Crippen molar-refractivity contribution in [2.45, 2.75) is 25.9 Å². The molecule has 0 saturated heterocycles. The van der Waals surface area contributed by atoms with Crippen LogP contribution in [0.4, 0.5) is 0 Å². The SMILES string of the molecule is CCOc1ccc(C(C)NC(=O)C(NC(=O)c2cccs2)c2ccccc2)cc1. The van der Waals surface area contributed by atoms with Crippen LogP contribution in [0.3, 0.4) is 0 Å². The smallest absolute Gasteiger partial charge is 0.262 e. The Morgan fingerprint density at radius 2 is 1.66 bits per heavy atom. The van der Waals surface area contributed by atoms with Crippen molar-refractivity contribution in [2.75, 3.05) is 6.61 Å². The molecule has 2 amide bonds. The van der Waals surface area contributed by atoms with E-state index in [1.54, 1.807) is 6.07 Å². The van der Waals surface area contributed by atoms with Crippen molar-refractivity contribution in [1.29, 1.82) is 0 Å². The Morgan fingerprint density at radius 3 is 2.28 bits per heavy atom. The van der Waals surface area contributed by atoms with Gasteiger partial charge in [0.25, 0.3) is 5.91 Å². The number of hydrogen-bond donors (Lipinski definition) is 2. The molecule has 0 saturated carbocycles. The lowest BCUT2D eigenvalue weighted by Crippen LogP contribution is -2.41. The molecule has 0 fully saturated rings. The van der Waals surface area contributed by atoms with E-state index in [0.29, 0.717) is 11.5 Å². The first-order chi connectivity index (χ1) is 14.1. The minimum absolute atomic E-state index is 0.219. The maximum Gasteiger partial charge on any atom is 0.262 e. The molecule has 29 heavy (non-hydrogen) atoms. The second kappa shape index (κ2) is 9.89. The third-order valence-corrected chi connectivity index (χ3v) is 5.33. The van der Waals surface area contributed by atoms with Crippen LogP contribution >= 0.6 is 11.3 Å². The van der Waals surface area contributed by atoms with Gasteiger partial charge in [0.2, 0.25) is 5.91 Å². The number of hydrogen-bond acceptors (Lipinski definition) is 4. The van der Waals surface area contributed by atoms with E-state index in [9.17, 15) is 9.59 Å². The fourth-order valence-corrected chi connectivity index (χ4v) is 3.58. The summed E-state index contributed by atoms with van der Waals surface area (Å²) >= 11 is 1.34. The van der Waals surface area contributed by atoms with Crippen LogP contribution in [0.5, 0.6) is 5.75 Å². The van der Waals surface area contributed by atoms with Crippen LogP contribution in [0.25, 0.3) is 0 Å². The predicted octanol–water partition coefficient (Wildman–Crippen LogP) is 4.50. The van der Waals surface area contributed by atoms with E-state index in [0.717, 1.165) is 16.9 Å². The van der Waals surface area contributed by atoms with Crippen molar-refractivity contribution < 1.29 is 14.3 Å². The molecule has 0 aliphatic rings. The van der Waals surface area contributed by atoms with Gasteiger partial charge in [0.1, 0.15) is 11.8 Å². The summed E-state index contributed by atoms with van der Waals surface area (Å²) in [6.07, 6.45) is 0. The van der Waals surface area contributed by atoms with Crippen molar-refractivity contribution >= 4 is 23.2 Å². The summed E-state index contributed by atoms with van der Waals surface area (Å²) in [6.45, 7) is 4.45. The predicted molar refractivity (Wildman–Crippen MR) is 115 cm³/mol. The molecule has 1 heterocycles. The van der Waals surface area contributed by atoms with Gasteiger partial charge in [-0.05, 0) is 48.6 Å². The van der Waals surface area contributed by atoms with Crippen molar-refractivity contribution in [2.24, 2.45) is 0 Å². The Kier molecular flexibility index (Phi) is 7.03. The minimum Gasteiger partial charge on any atom is -0.494 e. The molecular weight excluding hydrogens is 384 g/mol. The molecule has 150 valence electrons. The van der Waals surface area contributed by atoms with Gasteiger partial charge < -0.3 is 15.4 Å². The molecule has 0 radical (unpaired) electrons. The number of rotatable bonds is 8. The number of amides is 2. The molecule has 0 spiro atoms. The molecule has 3 aromatic rings. The van der Waals surface area contributed by atoms with E-state index in [1.165, 1.54) is 11.3 Å². The molecule has 2 N–H and O–H groups in total. The maximum atomic E-state index is 13.1. The highest BCUT2D eigenvalue weighted by molar-refractivity contribution is 7.12. The molecule has 2 atom stereocenters.